The van der Waals surface area contributed by atoms with Crippen LogP contribution >= 0.6 is 11.3 Å². The topological polar surface area (TPSA) is 64.5 Å². The summed E-state index contributed by atoms with van der Waals surface area (Å²) in [6.07, 6.45) is 1.80. The highest BCUT2D eigenvalue weighted by Crippen LogP contribution is 2.39. The van der Waals surface area contributed by atoms with Crippen LogP contribution in [-0.2, 0) is 9.53 Å². The molecule has 2 aromatic heterocycles. The van der Waals surface area contributed by atoms with Crippen LogP contribution in [0.4, 0.5) is 5.82 Å². The number of fused-ring (bicyclic) bond motifs is 1. The summed E-state index contributed by atoms with van der Waals surface area (Å²) in [6, 6.07) is 8.04. The summed E-state index contributed by atoms with van der Waals surface area (Å²) < 4.78 is 10.6. The normalized spacial score (nSPS) is 16.8. The summed E-state index contributed by atoms with van der Waals surface area (Å²) in [6.45, 7) is 5.69. The van der Waals surface area contributed by atoms with Gasteiger partial charge >= 0.3 is 5.97 Å². The van der Waals surface area contributed by atoms with E-state index >= 15 is 0 Å². The van der Waals surface area contributed by atoms with Crippen molar-refractivity contribution in [3.63, 3.8) is 0 Å². The third-order valence-electron chi connectivity index (χ3n) is 5.27. The number of nitrogens with zero attached hydrogens (tertiary/aromatic N) is 3. The number of hydrogen-bond acceptors (Lipinski definition) is 7. The Hall–Kier alpha value is -2.67. The van der Waals surface area contributed by atoms with Gasteiger partial charge in [0, 0.05) is 24.0 Å². The van der Waals surface area contributed by atoms with Crippen molar-refractivity contribution in [2.45, 2.75) is 26.7 Å². The molecule has 6 nitrogen and oxygen atoms in total. The first-order chi connectivity index (χ1) is 14.1. The fourth-order valence-electron chi connectivity index (χ4n) is 3.86. The van der Waals surface area contributed by atoms with Crippen molar-refractivity contribution in [3.8, 4) is 16.9 Å². The number of aromatic nitrogens is 2. The van der Waals surface area contributed by atoms with Crippen LogP contribution in [0.3, 0.4) is 0 Å². The third kappa shape index (κ3) is 3.92. The minimum absolute atomic E-state index is 0.111. The van der Waals surface area contributed by atoms with E-state index in [4.69, 9.17) is 14.5 Å². The van der Waals surface area contributed by atoms with Crippen molar-refractivity contribution in [2.75, 3.05) is 31.7 Å². The number of piperidine rings is 1. The van der Waals surface area contributed by atoms with Gasteiger partial charge in [-0.2, -0.15) is 0 Å². The maximum Gasteiger partial charge on any atom is 0.310 e. The summed E-state index contributed by atoms with van der Waals surface area (Å²) >= 11 is 1.63. The molecule has 0 N–H and O–H groups in total. The lowest BCUT2D eigenvalue weighted by atomic mass is 9.97. The Kier molecular flexibility index (Phi) is 5.67. The van der Waals surface area contributed by atoms with Gasteiger partial charge < -0.3 is 14.4 Å². The molecule has 0 aliphatic carbocycles. The molecule has 1 aliphatic rings. The Morgan fingerprint density at radius 2 is 2.07 bits per heavy atom. The highest BCUT2D eigenvalue weighted by molar-refractivity contribution is 7.17. The molecule has 3 aromatic rings. The number of aryl methyl sites for hydroxylation is 1. The molecule has 7 heteroatoms. The van der Waals surface area contributed by atoms with Gasteiger partial charge in [0.1, 0.15) is 22.2 Å². The molecule has 0 radical (unpaired) electrons. The number of hydrogen-bond donors (Lipinski definition) is 0. The van der Waals surface area contributed by atoms with Crippen molar-refractivity contribution < 1.29 is 14.3 Å². The minimum Gasteiger partial charge on any atom is -0.497 e. The molecule has 0 saturated carbocycles. The summed E-state index contributed by atoms with van der Waals surface area (Å²) in [5.41, 5.74) is 2.21. The first-order valence-electron chi connectivity index (χ1n) is 9.92. The first kappa shape index (κ1) is 19.6. The van der Waals surface area contributed by atoms with Crippen LogP contribution in [0.15, 0.2) is 29.6 Å². The molecule has 0 bridgehead atoms. The Morgan fingerprint density at radius 1 is 1.28 bits per heavy atom. The summed E-state index contributed by atoms with van der Waals surface area (Å²) in [5.74, 6) is 2.26. The molecule has 4 rings (SSSR count). The van der Waals surface area contributed by atoms with Crippen LogP contribution in [0.1, 0.15) is 25.6 Å². The number of anilines is 1. The van der Waals surface area contributed by atoms with Crippen LogP contribution in [0.5, 0.6) is 5.75 Å². The van der Waals surface area contributed by atoms with Gasteiger partial charge in [0.2, 0.25) is 0 Å². The van der Waals surface area contributed by atoms with Crippen molar-refractivity contribution >= 4 is 33.3 Å². The van der Waals surface area contributed by atoms with Crippen LogP contribution in [0.2, 0.25) is 0 Å². The van der Waals surface area contributed by atoms with E-state index in [0.29, 0.717) is 13.2 Å². The fourth-order valence-corrected chi connectivity index (χ4v) is 4.85. The van der Waals surface area contributed by atoms with Gasteiger partial charge in [-0.1, -0.05) is 12.1 Å². The smallest absolute Gasteiger partial charge is 0.310 e. The Balaban J connectivity index is 1.75. The molecule has 0 spiro atoms. The van der Waals surface area contributed by atoms with Crippen LogP contribution in [-0.4, -0.2) is 42.7 Å². The highest BCUT2D eigenvalue weighted by atomic mass is 32.1. The highest BCUT2D eigenvalue weighted by Gasteiger charge is 2.29. The molecule has 1 saturated heterocycles. The Labute approximate surface area is 174 Å². The lowest BCUT2D eigenvalue weighted by Gasteiger charge is -2.33. The SMILES string of the molecule is CCOC(=O)C1CCCN(c2nc(C)nc3scc(-c4ccc(OC)cc4)c23)C1. The monoisotopic (exact) mass is 411 g/mol. The average Bonchev–Trinajstić information content (AvgIpc) is 3.17. The predicted molar refractivity (Wildman–Crippen MR) is 116 cm³/mol. The molecular formula is C22H25N3O3S. The number of benzene rings is 1. The van der Waals surface area contributed by atoms with Gasteiger partial charge in [0.05, 0.1) is 25.0 Å². The number of ether oxygens (including phenoxy) is 2. The van der Waals surface area contributed by atoms with Crippen molar-refractivity contribution in [3.05, 3.63) is 35.5 Å². The van der Waals surface area contributed by atoms with E-state index in [0.717, 1.165) is 58.1 Å². The number of methoxy groups -OCH3 is 1. The number of thiophene rings is 1. The summed E-state index contributed by atoms with van der Waals surface area (Å²) in [7, 11) is 1.67. The van der Waals surface area contributed by atoms with Crippen LogP contribution in [0, 0.1) is 12.8 Å². The van der Waals surface area contributed by atoms with Crippen molar-refractivity contribution in [1.29, 1.82) is 0 Å². The maximum absolute atomic E-state index is 12.3. The van der Waals surface area contributed by atoms with Gasteiger partial charge in [0.25, 0.3) is 0 Å². The maximum atomic E-state index is 12.3. The number of carbonyl (C=O) groups is 1. The van der Waals surface area contributed by atoms with E-state index in [1.807, 2.05) is 26.0 Å². The van der Waals surface area contributed by atoms with E-state index < -0.39 is 0 Å². The second kappa shape index (κ2) is 8.37. The molecule has 1 aromatic carbocycles. The molecule has 1 atom stereocenters. The van der Waals surface area contributed by atoms with E-state index in [2.05, 4.69) is 27.4 Å². The zero-order chi connectivity index (χ0) is 20.4. The quantitative estimate of drug-likeness (QED) is 0.578. The fraction of sp³-hybridized carbons (Fsp3) is 0.409. The van der Waals surface area contributed by atoms with Crippen LogP contribution < -0.4 is 9.64 Å². The molecule has 29 heavy (non-hydrogen) atoms. The largest absolute Gasteiger partial charge is 0.497 e. The van der Waals surface area contributed by atoms with Gasteiger partial charge in [-0.25, -0.2) is 9.97 Å². The number of rotatable bonds is 5. The third-order valence-corrected chi connectivity index (χ3v) is 6.14. The van der Waals surface area contributed by atoms with Gasteiger partial charge in [-0.3, -0.25) is 4.79 Å². The Morgan fingerprint density at radius 3 is 2.79 bits per heavy atom. The summed E-state index contributed by atoms with van der Waals surface area (Å²) in [4.78, 5) is 25.0. The molecule has 3 heterocycles. The molecule has 1 fully saturated rings. The standard InChI is InChI=1S/C22H25N3O3S/c1-4-28-22(26)16-6-5-11-25(12-16)20-19-18(13-29-21(19)24-14(2)23-20)15-7-9-17(27-3)10-8-15/h7-10,13,16H,4-6,11-12H2,1-3H3. The van der Waals surface area contributed by atoms with Gasteiger partial charge in [-0.15, -0.1) is 11.3 Å². The van der Waals surface area contributed by atoms with Crippen LogP contribution in [0.25, 0.3) is 21.3 Å². The van der Waals surface area contributed by atoms with Crippen molar-refractivity contribution in [2.24, 2.45) is 5.92 Å². The lowest BCUT2D eigenvalue weighted by Crippen LogP contribution is -2.40. The van der Waals surface area contributed by atoms with Gasteiger partial charge in [0.15, 0.2) is 0 Å². The second-order valence-electron chi connectivity index (χ2n) is 7.19. The molecule has 0 amide bonds. The zero-order valence-electron chi connectivity index (χ0n) is 17.0. The van der Waals surface area contributed by atoms with Crippen molar-refractivity contribution in [1.82, 2.24) is 9.97 Å². The average molecular weight is 412 g/mol. The molecule has 152 valence electrons. The second-order valence-corrected chi connectivity index (χ2v) is 8.05. The molecular weight excluding hydrogens is 386 g/mol. The Bertz CT molecular complexity index is 1020. The molecule has 1 aliphatic heterocycles. The van der Waals surface area contributed by atoms with E-state index in [-0.39, 0.29) is 11.9 Å². The lowest BCUT2D eigenvalue weighted by molar-refractivity contribution is -0.148. The summed E-state index contributed by atoms with van der Waals surface area (Å²) in [5, 5.41) is 3.19. The number of carbonyl (C=O) groups excluding carboxylic acids is 1. The zero-order valence-corrected chi connectivity index (χ0v) is 17.8. The van der Waals surface area contributed by atoms with E-state index in [9.17, 15) is 4.79 Å². The van der Waals surface area contributed by atoms with E-state index in [1.165, 1.54) is 0 Å². The first-order valence-corrected chi connectivity index (χ1v) is 10.8. The van der Waals surface area contributed by atoms with Gasteiger partial charge in [-0.05, 0) is 44.4 Å². The molecule has 1 unspecified atom stereocenters. The van der Waals surface area contributed by atoms with E-state index in [1.54, 1.807) is 18.4 Å². The predicted octanol–water partition coefficient (Wildman–Crippen LogP) is 4.45. The minimum atomic E-state index is -0.114. The number of esters is 1.